The highest BCUT2D eigenvalue weighted by molar-refractivity contribution is 6.33. The quantitative estimate of drug-likeness (QED) is 0.796. The molecule has 5 nitrogen and oxygen atoms in total. The predicted molar refractivity (Wildman–Crippen MR) is 105 cm³/mol. The minimum Gasteiger partial charge on any atom is -0.368 e. The number of anilines is 2. The number of benzene rings is 2. The third-order valence-corrected chi connectivity index (χ3v) is 4.90. The van der Waals surface area contributed by atoms with Crippen LogP contribution in [0.5, 0.6) is 0 Å². The minimum absolute atomic E-state index is 0.127. The van der Waals surface area contributed by atoms with Crippen LogP contribution >= 0.6 is 11.6 Å². The van der Waals surface area contributed by atoms with Gasteiger partial charge in [0, 0.05) is 26.2 Å². The van der Waals surface area contributed by atoms with Gasteiger partial charge < -0.3 is 10.2 Å². The lowest BCUT2D eigenvalue weighted by molar-refractivity contribution is -0.117. The van der Waals surface area contributed by atoms with Gasteiger partial charge in [0.25, 0.3) is 0 Å². The summed E-state index contributed by atoms with van der Waals surface area (Å²) in [7, 11) is 0. The Kier molecular flexibility index (Phi) is 6.08. The summed E-state index contributed by atoms with van der Waals surface area (Å²) in [6.07, 6.45) is 0. The van der Waals surface area contributed by atoms with E-state index in [2.05, 4.69) is 5.32 Å². The molecule has 0 aromatic heterocycles. The Balaban J connectivity index is 1.58. The van der Waals surface area contributed by atoms with Crippen molar-refractivity contribution in [1.82, 2.24) is 4.90 Å². The van der Waals surface area contributed by atoms with Crippen molar-refractivity contribution >= 4 is 34.7 Å². The van der Waals surface area contributed by atoms with Gasteiger partial charge in [-0.25, -0.2) is 4.39 Å². The molecule has 142 valence electrons. The van der Waals surface area contributed by atoms with Crippen LogP contribution in [0.15, 0.2) is 42.5 Å². The molecule has 1 fully saturated rings. The molecule has 1 aliphatic rings. The first kappa shape index (κ1) is 19.3. The molecule has 0 bridgehead atoms. The molecule has 1 N–H and O–H groups in total. The summed E-state index contributed by atoms with van der Waals surface area (Å²) < 4.78 is 14.0. The number of hydrogen-bond donors (Lipinski definition) is 1. The number of ketones is 1. The number of nitrogens with zero attached hydrogens (tertiary/aromatic N) is 2. The van der Waals surface area contributed by atoms with E-state index >= 15 is 0 Å². The maximum Gasteiger partial charge on any atom is 0.238 e. The Morgan fingerprint density at radius 2 is 1.78 bits per heavy atom. The molecule has 0 spiro atoms. The van der Waals surface area contributed by atoms with E-state index < -0.39 is 5.82 Å². The summed E-state index contributed by atoms with van der Waals surface area (Å²) in [6.45, 7) is 4.14. The van der Waals surface area contributed by atoms with Crippen molar-refractivity contribution in [3.8, 4) is 0 Å². The van der Waals surface area contributed by atoms with Gasteiger partial charge in [-0.2, -0.15) is 0 Å². The number of rotatable bonds is 5. The van der Waals surface area contributed by atoms with Gasteiger partial charge in [-0.1, -0.05) is 29.8 Å². The topological polar surface area (TPSA) is 52.7 Å². The first-order valence-corrected chi connectivity index (χ1v) is 9.14. The Morgan fingerprint density at radius 1 is 1.07 bits per heavy atom. The fourth-order valence-electron chi connectivity index (χ4n) is 3.23. The van der Waals surface area contributed by atoms with Crippen LogP contribution < -0.4 is 10.2 Å². The molecular formula is C20H21ClFN3O2. The molecule has 0 atom stereocenters. The second-order valence-electron chi connectivity index (χ2n) is 6.48. The highest BCUT2D eigenvalue weighted by atomic mass is 35.5. The van der Waals surface area contributed by atoms with Gasteiger partial charge in [-0.3, -0.25) is 14.5 Å². The van der Waals surface area contributed by atoms with Crippen LogP contribution in [-0.2, 0) is 4.79 Å². The van der Waals surface area contributed by atoms with Crippen LogP contribution in [0.1, 0.15) is 17.3 Å². The van der Waals surface area contributed by atoms with Gasteiger partial charge in [0.05, 0.1) is 28.5 Å². The maximum absolute atomic E-state index is 14.0. The van der Waals surface area contributed by atoms with E-state index in [9.17, 15) is 14.0 Å². The predicted octanol–water partition coefficient (Wildman–Crippen LogP) is 3.44. The number of Topliss-reactive ketones (excluding diaryl/α,β-unsaturated/α-hetero) is 1. The second-order valence-corrected chi connectivity index (χ2v) is 6.89. The minimum atomic E-state index is -0.499. The Morgan fingerprint density at radius 3 is 2.44 bits per heavy atom. The largest absolute Gasteiger partial charge is 0.368 e. The lowest BCUT2D eigenvalue weighted by atomic mass is 10.1. The number of nitrogens with one attached hydrogen (secondary N) is 1. The summed E-state index contributed by atoms with van der Waals surface area (Å²) >= 11 is 6.06. The lowest BCUT2D eigenvalue weighted by Crippen LogP contribution is -2.49. The Labute approximate surface area is 162 Å². The molecule has 2 aromatic carbocycles. The summed E-state index contributed by atoms with van der Waals surface area (Å²) in [5.74, 6) is -0.919. The SMILES string of the molecule is CC(=O)c1c(F)cccc1N1CCN(CC(=O)Nc2ccccc2Cl)CC1. The van der Waals surface area contributed by atoms with Crippen LogP contribution in [0.3, 0.4) is 0 Å². The molecule has 0 radical (unpaired) electrons. The third-order valence-electron chi connectivity index (χ3n) is 4.57. The van der Waals surface area contributed by atoms with Crippen molar-refractivity contribution in [2.45, 2.75) is 6.92 Å². The van der Waals surface area contributed by atoms with E-state index in [-0.39, 0.29) is 23.8 Å². The standard InChI is InChI=1S/C20H21ClFN3O2/c1-14(26)20-16(22)6-4-8-18(20)25-11-9-24(10-12-25)13-19(27)23-17-7-3-2-5-15(17)21/h2-8H,9-13H2,1H3,(H,23,27). The fourth-order valence-corrected chi connectivity index (χ4v) is 3.41. The molecule has 0 saturated carbocycles. The highest BCUT2D eigenvalue weighted by Gasteiger charge is 2.23. The third kappa shape index (κ3) is 4.64. The van der Waals surface area contributed by atoms with Crippen molar-refractivity contribution < 1.29 is 14.0 Å². The Hall–Kier alpha value is -2.44. The number of halogens is 2. The Bertz CT molecular complexity index is 851. The number of carbonyl (C=O) groups excluding carboxylic acids is 2. The fraction of sp³-hybridized carbons (Fsp3) is 0.300. The van der Waals surface area contributed by atoms with Crippen LogP contribution in [-0.4, -0.2) is 49.3 Å². The van der Waals surface area contributed by atoms with Gasteiger partial charge in [0.15, 0.2) is 5.78 Å². The van der Waals surface area contributed by atoms with Crippen LogP contribution in [0.2, 0.25) is 5.02 Å². The molecule has 0 aliphatic carbocycles. The highest BCUT2D eigenvalue weighted by Crippen LogP contribution is 2.25. The molecular weight excluding hydrogens is 369 g/mol. The summed E-state index contributed by atoms with van der Waals surface area (Å²) in [6, 6.07) is 11.8. The normalized spacial score (nSPS) is 14.9. The van der Waals surface area contributed by atoms with E-state index in [1.165, 1.54) is 13.0 Å². The zero-order valence-electron chi connectivity index (χ0n) is 15.0. The smallest absolute Gasteiger partial charge is 0.238 e. The van der Waals surface area contributed by atoms with Crippen molar-refractivity contribution in [2.75, 3.05) is 42.9 Å². The van der Waals surface area contributed by atoms with E-state index in [4.69, 9.17) is 11.6 Å². The number of carbonyl (C=O) groups is 2. The van der Waals surface area contributed by atoms with Crippen molar-refractivity contribution in [3.63, 3.8) is 0 Å². The van der Waals surface area contributed by atoms with Gasteiger partial charge in [-0.05, 0) is 31.2 Å². The van der Waals surface area contributed by atoms with E-state index in [1.807, 2.05) is 15.9 Å². The summed E-state index contributed by atoms with van der Waals surface area (Å²) in [5.41, 5.74) is 1.33. The summed E-state index contributed by atoms with van der Waals surface area (Å²) in [4.78, 5) is 28.1. The van der Waals surface area contributed by atoms with Crippen LogP contribution in [0.4, 0.5) is 15.8 Å². The van der Waals surface area contributed by atoms with Gasteiger partial charge >= 0.3 is 0 Å². The van der Waals surface area contributed by atoms with E-state index in [0.717, 1.165) is 0 Å². The molecule has 7 heteroatoms. The van der Waals surface area contributed by atoms with Gasteiger partial charge in [-0.15, -0.1) is 0 Å². The molecule has 1 heterocycles. The molecule has 1 amide bonds. The van der Waals surface area contributed by atoms with E-state index in [0.29, 0.717) is 42.6 Å². The zero-order chi connectivity index (χ0) is 19.4. The number of hydrogen-bond acceptors (Lipinski definition) is 4. The molecule has 27 heavy (non-hydrogen) atoms. The van der Waals surface area contributed by atoms with Gasteiger partial charge in [0.2, 0.25) is 5.91 Å². The molecule has 3 rings (SSSR count). The molecule has 1 saturated heterocycles. The lowest BCUT2D eigenvalue weighted by Gasteiger charge is -2.36. The average Bonchev–Trinajstić information content (AvgIpc) is 2.64. The van der Waals surface area contributed by atoms with Crippen molar-refractivity contribution in [1.29, 1.82) is 0 Å². The number of para-hydroxylation sites is 1. The summed E-state index contributed by atoms with van der Waals surface area (Å²) in [5, 5.41) is 3.31. The first-order chi connectivity index (χ1) is 13.0. The molecule has 2 aromatic rings. The van der Waals surface area contributed by atoms with E-state index in [1.54, 1.807) is 30.3 Å². The van der Waals surface area contributed by atoms with Crippen molar-refractivity contribution in [3.05, 3.63) is 58.9 Å². The number of piperazine rings is 1. The van der Waals surface area contributed by atoms with Crippen LogP contribution in [0, 0.1) is 5.82 Å². The van der Waals surface area contributed by atoms with Gasteiger partial charge in [0.1, 0.15) is 5.82 Å². The van der Waals surface area contributed by atoms with Crippen molar-refractivity contribution in [2.24, 2.45) is 0 Å². The maximum atomic E-state index is 14.0. The first-order valence-electron chi connectivity index (χ1n) is 8.77. The molecule has 0 unspecified atom stereocenters. The monoisotopic (exact) mass is 389 g/mol. The number of amides is 1. The molecule has 1 aliphatic heterocycles. The van der Waals surface area contributed by atoms with Crippen LogP contribution in [0.25, 0.3) is 0 Å². The second kappa shape index (κ2) is 8.50. The zero-order valence-corrected chi connectivity index (χ0v) is 15.8. The average molecular weight is 390 g/mol.